The molecule has 98 valence electrons. The molecule has 7 nitrogen and oxygen atoms in total. The van der Waals surface area contributed by atoms with Gasteiger partial charge in [0.15, 0.2) is 0 Å². The Kier molecular flexibility index (Phi) is 2.66. The van der Waals surface area contributed by atoms with Crippen LogP contribution in [0.1, 0.15) is 35.7 Å². The van der Waals surface area contributed by atoms with Crippen molar-refractivity contribution in [3.05, 3.63) is 29.3 Å². The van der Waals surface area contributed by atoms with Gasteiger partial charge in [-0.1, -0.05) is 24.2 Å². The molecule has 1 amide bonds. The first-order chi connectivity index (χ1) is 9.16. The van der Waals surface area contributed by atoms with Gasteiger partial charge in [-0.15, -0.1) is 5.10 Å². The molecule has 0 saturated heterocycles. The zero-order chi connectivity index (χ0) is 13.4. The third kappa shape index (κ3) is 1.92. The fraction of sp³-hybridized carbons (Fsp3) is 0.333. The minimum Gasteiger partial charge on any atom is -0.489 e. The third-order valence-corrected chi connectivity index (χ3v) is 3.36. The fourth-order valence-electron chi connectivity index (χ4n) is 2.15. The van der Waals surface area contributed by atoms with Crippen LogP contribution in [0.25, 0.3) is 0 Å². The number of rotatable bonds is 2. The summed E-state index contributed by atoms with van der Waals surface area (Å²) < 4.78 is 5.77. The molecular formula is C12H13N5O2. The minimum atomic E-state index is -0.306. The highest BCUT2D eigenvalue weighted by molar-refractivity contribution is 6.05. The van der Waals surface area contributed by atoms with Gasteiger partial charge in [0.1, 0.15) is 11.9 Å². The summed E-state index contributed by atoms with van der Waals surface area (Å²) in [6.07, 6.45) is 0.0640. The number of fused-ring (bicyclic) bond motifs is 1. The zero-order valence-electron chi connectivity index (χ0n) is 10.5. The largest absolute Gasteiger partial charge is 0.489 e. The summed E-state index contributed by atoms with van der Waals surface area (Å²) in [5.41, 5.74) is 1.53. The number of para-hydroxylation sites is 1. The summed E-state index contributed by atoms with van der Waals surface area (Å²) in [4.78, 5) is 12.2. The average Bonchev–Trinajstić information content (AvgIpc) is 2.99. The molecule has 0 radical (unpaired) electrons. The molecule has 7 heteroatoms. The van der Waals surface area contributed by atoms with Gasteiger partial charge in [0.25, 0.3) is 11.9 Å². The summed E-state index contributed by atoms with van der Waals surface area (Å²) in [6, 6.07) is 5.55. The lowest BCUT2D eigenvalue weighted by atomic mass is 9.97. The summed E-state index contributed by atoms with van der Waals surface area (Å²) in [5.74, 6) is 0.748. The number of amides is 1. The fourth-order valence-corrected chi connectivity index (χ4v) is 2.15. The summed E-state index contributed by atoms with van der Waals surface area (Å²) in [6.45, 7) is 4.07. The number of benzene rings is 1. The molecule has 1 aromatic heterocycles. The van der Waals surface area contributed by atoms with Crippen LogP contribution in [-0.2, 0) is 0 Å². The average molecular weight is 259 g/mol. The van der Waals surface area contributed by atoms with Crippen LogP contribution < -0.4 is 10.1 Å². The van der Waals surface area contributed by atoms with E-state index in [4.69, 9.17) is 4.74 Å². The molecule has 2 unspecified atom stereocenters. The Bertz CT molecular complexity index is 611. The van der Waals surface area contributed by atoms with Crippen LogP contribution in [0.2, 0.25) is 0 Å². The Morgan fingerprint density at radius 2 is 2.26 bits per heavy atom. The highest BCUT2D eigenvalue weighted by Gasteiger charge is 2.31. The second kappa shape index (κ2) is 4.34. The number of aromatic amines is 1. The van der Waals surface area contributed by atoms with Gasteiger partial charge in [-0.25, -0.2) is 0 Å². The molecule has 1 aliphatic heterocycles. The lowest BCUT2D eigenvalue weighted by Gasteiger charge is -2.08. The Hall–Kier alpha value is -2.44. The normalized spacial score (nSPS) is 20.7. The molecule has 0 bridgehead atoms. The van der Waals surface area contributed by atoms with Crippen molar-refractivity contribution >= 4 is 11.9 Å². The summed E-state index contributed by atoms with van der Waals surface area (Å²) in [7, 11) is 0. The molecule has 1 aliphatic rings. The highest BCUT2D eigenvalue weighted by Crippen LogP contribution is 2.40. The maximum absolute atomic E-state index is 12.2. The molecule has 3 rings (SSSR count). The molecule has 1 aromatic carbocycles. The van der Waals surface area contributed by atoms with E-state index in [2.05, 4.69) is 32.9 Å². The number of carbonyl (C=O) groups excluding carboxylic acids is 1. The molecule has 2 atom stereocenters. The van der Waals surface area contributed by atoms with Crippen molar-refractivity contribution in [3.8, 4) is 5.75 Å². The molecular weight excluding hydrogens is 246 g/mol. The number of H-pyrrole nitrogens is 1. The number of nitrogens with one attached hydrogen (secondary N) is 2. The van der Waals surface area contributed by atoms with Gasteiger partial charge in [-0.3, -0.25) is 10.1 Å². The number of hydrogen-bond acceptors (Lipinski definition) is 5. The van der Waals surface area contributed by atoms with Crippen molar-refractivity contribution in [1.82, 2.24) is 20.6 Å². The van der Waals surface area contributed by atoms with Crippen molar-refractivity contribution in [2.24, 2.45) is 0 Å². The molecule has 0 saturated carbocycles. The number of carbonyl (C=O) groups is 1. The number of ether oxygens (including phenoxy) is 1. The van der Waals surface area contributed by atoms with E-state index < -0.39 is 0 Å². The lowest BCUT2D eigenvalue weighted by Crippen LogP contribution is -2.15. The van der Waals surface area contributed by atoms with E-state index in [-0.39, 0.29) is 23.9 Å². The van der Waals surface area contributed by atoms with Crippen LogP contribution in [0, 0.1) is 0 Å². The van der Waals surface area contributed by atoms with Crippen LogP contribution in [-0.4, -0.2) is 32.6 Å². The number of anilines is 1. The van der Waals surface area contributed by atoms with E-state index in [0.29, 0.717) is 11.3 Å². The second-order valence-corrected chi connectivity index (χ2v) is 4.53. The number of nitrogens with zero attached hydrogens (tertiary/aromatic N) is 3. The molecule has 0 spiro atoms. The standard InChI is InChI=1S/C12H13N5O2/c1-6-7(2)19-10-8(6)4-3-5-9(10)11(18)13-12-14-16-17-15-12/h3-7H,1-2H3,(H2,13,14,15,16,17,18). The van der Waals surface area contributed by atoms with Gasteiger partial charge >= 0.3 is 0 Å². The van der Waals surface area contributed by atoms with Gasteiger partial charge in [0.2, 0.25) is 0 Å². The van der Waals surface area contributed by atoms with Crippen LogP contribution in [0.5, 0.6) is 5.75 Å². The Balaban J connectivity index is 1.92. The third-order valence-electron chi connectivity index (χ3n) is 3.36. The predicted molar refractivity (Wildman–Crippen MR) is 67.1 cm³/mol. The van der Waals surface area contributed by atoms with E-state index in [0.717, 1.165) is 5.56 Å². The Morgan fingerprint density at radius 3 is 3.00 bits per heavy atom. The van der Waals surface area contributed by atoms with E-state index in [9.17, 15) is 4.79 Å². The highest BCUT2D eigenvalue weighted by atomic mass is 16.5. The number of aromatic nitrogens is 4. The van der Waals surface area contributed by atoms with Crippen LogP contribution >= 0.6 is 0 Å². The van der Waals surface area contributed by atoms with E-state index in [1.807, 2.05) is 19.1 Å². The van der Waals surface area contributed by atoms with Crippen molar-refractivity contribution in [3.63, 3.8) is 0 Å². The molecule has 2 aromatic rings. The van der Waals surface area contributed by atoms with Gasteiger partial charge in [-0.05, 0) is 18.2 Å². The van der Waals surface area contributed by atoms with Crippen molar-refractivity contribution < 1.29 is 9.53 Å². The van der Waals surface area contributed by atoms with Gasteiger partial charge in [0, 0.05) is 11.5 Å². The van der Waals surface area contributed by atoms with Gasteiger partial charge in [-0.2, -0.15) is 5.21 Å². The maximum Gasteiger partial charge on any atom is 0.270 e. The maximum atomic E-state index is 12.2. The first kappa shape index (κ1) is 11.6. The second-order valence-electron chi connectivity index (χ2n) is 4.53. The Morgan fingerprint density at radius 1 is 1.42 bits per heavy atom. The van der Waals surface area contributed by atoms with E-state index in [1.54, 1.807) is 6.07 Å². The summed E-state index contributed by atoms with van der Waals surface area (Å²) in [5, 5.41) is 15.6. The van der Waals surface area contributed by atoms with Crippen LogP contribution in [0.3, 0.4) is 0 Å². The van der Waals surface area contributed by atoms with E-state index in [1.165, 1.54) is 0 Å². The van der Waals surface area contributed by atoms with Crippen LogP contribution in [0.4, 0.5) is 5.95 Å². The molecule has 0 aliphatic carbocycles. The SMILES string of the molecule is CC1Oc2c(C(=O)Nc3nn[nH]n3)cccc2C1C. The van der Waals surface area contributed by atoms with Crippen molar-refractivity contribution in [2.45, 2.75) is 25.9 Å². The van der Waals surface area contributed by atoms with Crippen molar-refractivity contribution in [1.29, 1.82) is 0 Å². The molecule has 19 heavy (non-hydrogen) atoms. The smallest absolute Gasteiger partial charge is 0.270 e. The van der Waals surface area contributed by atoms with Crippen LogP contribution in [0.15, 0.2) is 18.2 Å². The number of tetrazole rings is 1. The molecule has 2 heterocycles. The van der Waals surface area contributed by atoms with Crippen molar-refractivity contribution in [2.75, 3.05) is 5.32 Å². The number of hydrogen-bond donors (Lipinski definition) is 2. The monoisotopic (exact) mass is 259 g/mol. The van der Waals surface area contributed by atoms with Gasteiger partial charge < -0.3 is 4.74 Å². The first-order valence-corrected chi connectivity index (χ1v) is 6.01. The first-order valence-electron chi connectivity index (χ1n) is 6.01. The zero-order valence-corrected chi connectivity index (χ0v) is 10.5. The lowest BCUT2D eigenvalue weighted by molar-refractivity contribution is 0.102. The van der Waals surface area contributed by atoms with E-state index >= 15 is 0 Å². The molecule has 0 fully saturated rings. The van der Waals surface area contributed by atoms with Gasteiger partial charge in [0.05, 0.1) is 5.56 Å². The molecule has 2 N–H and O–H groups in total. The quantitative estimate of drug-likeness (QED) is 0.848. The predicted octanol–water partition coefficient (Wildman–Crippen LogP) is 1.34. The minimum absolute atomic E-state index is 0.0640. The Labute approximate surface area is 109 Å². The summed E-state index contributed by atoms with van der Waals surface area (Å²) >= 11 is 0. The topological polar surface area (TPSA) is 92.8 Å².